The van der Waals surface area contributed by atoms with Crippen LogP contribution in [0.2, 0.25) is 5.02 Å². The molecular weight excluding hydrogens is 282 g/mol. The summed E-state index contributed by atoms with van der Waals surface area (Å²) >= 11 is 5.77. The molecule has 6 heteroatoms. The minimum absolute atomic E-state index is 0.177. The molecule has 0 amide bonds. The number of hydrogen-bond donors (Lipinski definition) is 1. The van der Waals surface area contributed by atoms with Gasteiger partial charge in [0.25, 0.3) is 0 Å². The zero-order valence-electron chi connectivity index (χ0n) is 11.3. The molecule has 108 valence electrons. The van der Waals surface area contributed by atoms with Crippen LogP contribution < -0.4 is 5.32 Å². The van der Waals surface area contributed by atoms with Crippen LogP contribution in [0.3, 0.4) is 0 Å². The molecule has 1 aromatic carbocycles. The quantitative estimate of drug-likeness (QED) is 0.378. The van der Waals surface area contributed by atoms with E-state index in [2.05, 4.69) is 5.32 Å². The predicted octanol–water partition coefficient (Wildman–Crippen LogP) is 2.76. The highest BCUT2D eigenvalue weighted by Crippen LogP contribution is 2.14. The normalized spacial score (nSPS) is 9.55. The van der Waals surface area contributed by atoms with Crippen LogP contribution in [0.5, 0.6) is 0 Å². The lowest BCUT2D eigenvalue weighted by Crippen LogP contribution is -2.19. The molecule has 0 fully saturated rings. The summed E-state index contributed by atoms with van der Waals surface area (Å²) in [5.41, 5.74) is 0.490. The second kappa shape index (κ2) is 8.22. The third-order valence-corrected chi connectivity index (χ3v) is 2.47. The molecule has 0 aromatic heterocycles. The van der Waals surface area contributed by atoms with Crippen LogP contribution >= 0.6 is 11.6 Å². The SMILES string of the molecule is CCOC(=O)C(=CNc1ccc(Cl)cc1)C(=O)OCC. The fourth-order valence-corrected chi connectivity index (χ4v) is 1.45. The third-order valence-electron chi connectivity index (χ3n) is 2.22. The molecule has 0 radical (unpaired) electrons. The molecule has 0 unspecified atom stereocenters. The van der Waals surface area contributed by atoms with Crippen LogP contribution in [0.4, 0.5) is 5.69 Å². The Morgan fingerprint density at radius 2 is 1.60 bits per heavy atom. The summed E-state index contributed by atoms with van der Waals surface area (Å²) in [6.07, 6.45) is 1.26. The van der Waals surface area contributed by atoms with E-state index in [-0.39, 0.29) is 18.8 Å². The number of esters is 2. The molecule has 0 aliphatic carbocycles. The summed E-state index contributed by atoms with van der Waals surface area (Å²) < 4.78 is 9.62. The van der Waals surface area contributed by atoms with Crippen molar-refractivity contribution >= 4 is 29.2 Å². The highest BCUT2D eigenvalue weighted by molar-refractivity contribution is 6.30. The van der Waals surface area contributed by atoms with Crippen molar-refractivity contribution in [1.82, 2.24) is 0 Å². The molecule has 1 aromatic rings. The summed E-state index contributed by atoms with van der Waals surface area (Å²) in [7, 11) is 0. The van der Waals surface area contributed by atoms with Gasteiger partial charge in [-0.25, -0.2) is 9.59 Å². The number of nitrogens with one attached hydrogen (secondary N) is 1. The summed E-state index contributed by atoms with van der Waals surface area (Å²) in [5.74, 6) is -1.46. The molecular formula is C14H16ClNO4. The van der Waals surface area contributed by atoms with Gasteiger partial charge in [-0.15, -0.1) is 0 Å². The second-order valence-electron chi connectivity index (χ2n) is 3.65. The summed E-state index contributed by atoms with van der Waals surface area (Å²) in [4.78, 5) is 23.4. The second-order valence-corrected chi connectivity index (χ2v) is 4.09. The highest BCUT2D eigenvalue weighted by atomic mass is 35.5. The molecule has 1 rings (SSSR count). The van der Waals surface area contributed by atoms with Gasteiger partial charge in [0.1, 0.15) is 0 Å². The van der Waals surface area contributed by atoms with Gasteiger partial charge in [0.2, 0.25) is 0 Å². The Bertz CT molecular complexity index is 476. The van der Waals surface area contributed by atoms with E-state index in [4.69, 9.17) is 21.1 Å². The maximum atomic E-state index is 11.7. The van der Waals surface area contributed by atoms with Gasteiger partial charge < -0.3 is 14.8 Å². The zero-order chi connectivity index (χ0) is 15.0. The lowest BCUT2D eigenvalue weighted by Gasteiger charge is -2.07. The van der Waals surface area contributed by atoms with E-state index in [9.17, 15) is 9.59 Å². The zero-order valence-corrected chi connectivity index (χ0v) is 12.1. The molecule has 1 N–H and O–H groups in total. The first-order chi connectivity index (χ1) is 9.58. The van der Waals surface area contributed by atoms with E-state index in [1.165, 1.54) is 6.20 Å². The van der Waals surface area contributed by atoms with Gasteiger partial charge in [-0.3, -0.25) is 0 Å². The Morgan fingerprint density at radius 3 is 2.05 bits per heavy atom. The number of rotatable bonds is 6. The Balaban J connectivity index is 2.86. The number of halogens is 1. The van der Waals surface area contributed by atoms with Crippen molar-refractivity contribution in [3.8, 4) is 0 Å². The van der Waals surface area contributed by atoms with Crippen molar-refractivity contribution in [1.29, 1.82) is 0 Å². The van der Waals surface area contributed by atoms with Crippen molar-refractivity contribution in [2.24, 2.45) is 0 Å². The lowest BCUT2D eigenvalue weighted by atomic mass is 10.2. The van der Waals surface area contributed by atoms with Crippen LogP contribution in [-0.2, 0) is 19.1 Å². The number of carbonyl (C=O) groups is 2. The van der Waals surface area contributed by atoms with Gasteiger partial charge in [0.05, 0.1) is 13.2 Å². The molecule has 0 saturated heterocycles. The summed E-state index contributed by atoms with van der Waals surface area (Å²) in [6.45, 7) is 3.67. The van der Waals surface area contributed by atoms with Gasteiger partial charge in [0, 0.05) is 16.9 Å². The molecule has 0 atom stereocenters. The van der Waals surface area contributed by atoms with Crippen molar-refractivity contribution < 1.29 is 19.1 Å². The smallest absolute Gasteiger partial charge is 0.347 e. The first-order valence-corrected chi connectivity index (χ1v) is 6.52. The molecule has 0 heterocycles. The number of anilines is 1. The number of carbonyl (C=O) groups excluding carboxylic acids is 2. The number of benzene rings is 1. The van der Waals surface area contributed by atoms with Gasteiger partial charge in [-0.2, -0.15) is 0 Å². The van der Waals surface area contributed by atoms with E-state index in [0.29, 0.717) is 10.7 Å². The van der Waals surface area contributed by atoms with Crippen molar-refractivity contribution in [3.05, 3.63) is 41.1 Å². The minimum Gasteiger partial charge on any atom is -0.462 e. The van der Waals surface area contributed by atoms with E-state index in [1.807, 2.05) is 0 Å². The fourth-order valence-electron chi connectivity index (χ4n) is 1.32. The van der Waals surface area contributed by atoms with Crippen molar-refractivity contribution in [2.45, 2.75) is 13.8 Å². The van der Waals surface area contributed by atoms with Crippen LogP contribution in [0.15, 0.2) is 36.0 Å². The third kappa shape index (κ3) is 4.93. The molecule has 0 aliphatic rings. The number of hydrogen-bond acceptors (Lipinski definition) is 5. The Hall–Kier alpha value is -2.01. The van der Waals surface area contributed by atoms with Crippen LogP contribution in [0.25, 0.3) is 0 Å². The summed E-state index contributed by atoms with van der Waals surface area (Å²) in [6, 6.07) is 6.80. The summed E-state index contributed by atoms with van der Waals surface area (Å²) in [5, 5.41) is 3.42. The first-order valence-electron chi connectivity index (χ1n) is 6.15. The number of ether oxygens (including phenoxy) is 2. The molecule has 20 heavy (non-hydrogen) atoms. The van der Waals surface area contributed by atoms with E-state index in [0.717, 1.165) is 0 Å². The van der Waals surface area contributed by atoms with Gasteiger partial charge in [0.15, 0.2) is 5.57 Å². The first kappa shape index (κ1) is 16.0. The topological polar surface area (TPSA) is 64.6 Å². The maximum Gasteiger partial charge on any atom is 0.347 e. The standard InChI is InChI=1S/C14H16ClNO4/c1-3-19-13(17)12(14(18)20-4-2)9-16-11-7-5-10(15)6-8-11/h5-9,16H,3-4H2,1-2H3. The largest absolute Gasteiger partial charge is 0.462 e. The lowest BCUT2D eigenvalue weighted by molar-refractivity contribution is -0.146. The highest BCUT2D eigenvalue weighted by Gasteiger charge is 2.20. The van der Waals surface area contributed by atoms with E-state index < -0.39 is 11.9 Å². The van der Waals surface area contributed by atoms with E-state index >= 15 is 0 Å². The molecule has 5 nitrogen and oxygen atoms in total. The Kier molecular flexibility index (Phi) is 6.59. The fraction of sp³-hybridized carbons (Fsp3) is 0.286. The maximum absolute atomic E-state index is 11.7. The van der Waals surface area contributed by atoms with Crippen LogP contribution in [0, 0.1) is 0 Å². The molecule has 0 bridgehead atoms. The van der Waals surface area contributed by atoms with Crippen molar-refractivity contribution in [3.63, 3.8) is 0 Å². The van der Waals surface area contributed by atoms with Gasteiger partial charge in [-0.1, -0.05) is 11.6 Å². The predicted molar refractivity (Wildman–Crippen MR) is 76.4 cm³/mol. The van der Waals surface area contributed by atoms with Gasteiger partial charge >= 0.3 is 11.9 Å². The molecule has 0 saturated carbocycles. The Morgan fingerprint density at radius 1 is 1.10 bits per heavy atom. The average molecular weight is 298 g/mol. The minimum atomic E-state index is -0.729. The molecule has 0 aliphatic heterocycles. The monoisotopic (exact) mass is 297 g/mol. The van der Waals surface area contributed by atoms with Crippen LogP contribution in [-0.4, -0.2) is 25.2 Å². The Labute approximate surface area is 122 Å². The van der Waals surface area contributed by atoms with Crippen molar-refractivity contribution in [2.75, 3.05) is 18.5 Å². The van der Waals surface area contributed by atoms with Gasteiger partial charge in [-0.05, 0) is 38.1 Å². The average Bonchev–Trinajstić information content (AvgIpc) is 2.42. The van der Waals surface area contributed by atoms with E-state index in [1.54, 1.807) is 38.1 Å². The molecule has 0 spiro atoms. The van der Waals surface area contributed by atoms with Crippen LogP contribution in [0.1, 0.15) is 13.8 Å².